The van der Waals surface area contributed by atoms with Gasteiger partial charge >= 0.3 is 86.3 Å². The topological polar surface area (TPSA) is 25.8 Å². The zero-order valence-corrected chi connectivity index (χ0v) is 12.8. The summed E-state index contributed by atoms with van der Waals surface area (Å²) >= 11 is -0.557. The fraction of sp³-hybridized carbons (Fsp3) is 0. The van der Waals surface area contributed by atoms with E-state index in [-0.39, 0.29) is 37.2 Å². The van der Waals surface area contributed by atoms with Gasteiger partial charge in [-0.15, -0.1) is 37.2 Å². The molecule has 2 heterocycles. The minimum atomic E-state index is -0.557. The molecular formula is C10H11Cl3N2Nb. The van der Waals surface area contributed by atoms with E-state index < -0.39 is 19.8 Å². The van der Waals surface area contributed by atoms with Crippen LogP contribution in [0.5, 0.6) is 0 Å². The number of pyridine rings is 2. The van der Waals surface area contributed by atoms with Gasteiger partial charge in [0.2, 0.25) is 0 Å². The molecule has 2 rings (SSSR count). The van der Waals surface area contributed by atoms with Crippen molar-refractivity contribution in [3.63, 3.8) is 0 Å². The predicted molar refractivity (Wildman–Crippen MR) is 69.5 cm³/mol. The molecule has 0 spiro atoms. The number of halogens is 3. The Balaban J connectivity index is 0. The Morgan fingerprint density at radius 2 is 1.12 bits per heavy atom. The molecule has 0 aliphatic heterocycles. The molecule has 0 fully saturated rings. The van der Waals surface area contributed by atoms with Crippen LogP contribution in [0.2, 0.25) is 0 Å². The second-order valence-electron chi connectivity index (χ2n) is 2.49. The van der Waals surface area contributed by atoms with E-state index >= 15 is 0 Å². The molecule has 2 aromatic rings. The molecule has 2 nitrogen and oxygen atoms in total. The molecule has 87 valence electrons. The molecular weight excluding hydrogens is 347 g/mol. The fourth-order valence-electron chi connectivity index (χ4n) is 0.957. The van der Waals surface area contributed by atoms with Gasteiger partial charge in [-0.1, -0.05) is 0 Å². The van der Waals surface area contributed by atoms with Crippen molar-refractivity contribution >= 4 is 45.0 Å². The average Bonchev–Trinajstić information content (AvgIpc) is 2.21. The normalized spacial score (nSPS) is 7.75. The third-order valence-electron chi connectivity index (χ3n) is 1.53. The van der Waals surface area contributed by atoms with Crippen LogP contribution in [0.15, 0.2) is 48.8 Å². The molecule has 0 aliphatic carbocycles. The van der Waals surface area contributed by atoms with Crippen molar-refractivity contribution in [2.75, 3.05) is 0 Å². The summed E-state index contributed by atoms with van der Waals surface area (Å²) in [5.41, 5.74) is 0. The monoisotopic (exact) mass is 357 g/mol. The van der Waals surface area contributed by atoms with Gasteiger partial charge in [0, 0.05) is 0 Å². The number of aromatic nitrogens is 2. The van der Waals surface area contributed by atoms with Gasteiger partial charge in [0.1, 0.15) is 0 Å². The number of hydrogen-bond acceptors (Lipinski definition) is 2. The second-order valence-corrected chi connectivity index (χ2v) is 5.29. The molecule has 0 saturated heterocycles. The van der Waals surface area contributed by atoms with Gasteiger partial charge in [-0.05, 0) is 0 Å². The van der Waals surface area contributed by atoms with Crippen LogP contribution in [0, 0.1) is 0 Å². The van der Waals surface area contributed by atoms with E-state index in [9.17, 15) is 0 Å². The number of nitrogens with zero attached hydrogens (tertiary/aromatic N) is 2. The first-order valence-corrected chi connectivity index (χ1v) is 6.19. The molecule has 6 heteroatoms. The maximum atomic E-state index is 4.30. The molecule has 0 amide bonds. The van der Waals surface area contributed by atoms with Gasteiger partial charge in [0.15, 0.2) is 0 Å². The summed E-state index contributed by atoms with van der Waals surface area (Å²) in [6, 6.07) is 12.1. The standard InChI is InChI=1S/2C5H4N.3ClH.Nb/c2*1-2-4-6-5-3-1;;;;/h2*1-4H;3*1H;. The van der Waals surface area contributed by atoms with E-state index in [1.54, 1.807) is 0 Å². The Morgan fingerprint density at radius 1 is 0.688 bits per heavy atom. The van der Waals surface area contributed by atoms with Crippen molar-refractivity contribution in [2.45, 2.75) is 0 Å². The van der Waals surface area contributed by atoms with Gasteiger partial charge in [0.25, 0.3) is 0 Å². The van der Waals surface area contributed by atoms with E-state index in [1.165, 1.54) is 7.82 Å². The molecule has 0 aromatic carbocycles. The van der Waals surface area contributed by atoms with Crippen LogP contribution in [0.4, 0.5) is 0 Å². The maximum absolute atomic E-state index is 4.30. The third-order valence-corrected chi connectivity index (χ3v) is 3.95. The fourth-order valence-corrected chi connectivity index (χ4v) is 2.94. The number of hydrogen-bond donors (Lipinski definition) is 0. The summed E-state index contributed by atoms with van der Waals surface area (Å²) in [5.74, 6) is 0. The van der Waals surface area contributed by atoms with Crippen molar-refractivity contribution in [3.8, 4) is 0 Å². The van der Waals surface area contributed by atoms with Crippen molar-refractivity contribution < 1.29 is 19.8 Å². The van der Waals surface area contributed by atoms with Crippen LogP contribution in [-0.2, 0) is 19.8 Å². The van der Waals surface area contributed by atoms with Gasteiger partial charge in [-0.2, -0.15) is 0 Å². The Labute approximate surface area is 123 Å². The van der Waals surface area contributed by atoms with Crippen LogP contribution < -0.4 is 7.82 Å². The Morgan fingerprint density at radius 3 is 1.44 bits per heavy atom. The Bertz CT molecular complexity index is 335. The van der Waals surface area contributed by atoms with E-state index in [1.807, 2.05) is 36.7 Å². The summed E-state index contributed by atoms with van der Waals surface area (Å²) in [6.07, 6.45) is 3.68. The van der Waals surface area contributed by atoms with E-state index in [4.69, 9.17) is 0 Å². The first kappa shape index (κ1) is 18.3. The van der Waals surface area contributed by atoms with Crippen LogP contribution in [0.1, 0.15) is 0 Å². The molecule has 0 N–H and O–H groups in total. The third kappa shape index (κ3) is 5.85. The Kier molecular flexibility index (Phi) is 11.5. The van der Waals surface area contributed by atoms with Gasteiger partial charge in [0.05, 0.1) is 0 Å². The Hall–Kier alpha value is -0.0897. The van der Waals surface area contributed by atoms with Crippen molar-refractivity contribution in [1.29, 1.82) is 0 Å². The summed E-state index contributed by atoms with van der Waals surface area (Å²) in [5, 5.41) is 0. The molecule has 0 bridgehead atoms. The van der Waals surface area contributed by atoms with E-state index in [2.05, 4.69) is 22.1 Å². The minimum absolute atomic E-state index is 0. The van der Waals surface area contributed by atoms with Crippen molar-refractivity contribution in [1.82, 2.24) is 9.97 Å². The summed E-state index contributed by atoms with van der Waals surface area (Å²) in [7, 11) is 0. The zero-order chi connectivity index (χ0) is 8.93. The van der Waals surface area contributed by atoms with Gasteiger partial charge in [-0.3, -0.25) is 0 Å². The quantitative estimate of drug-likeness (QED) is 0.765. The molecule has 0 saturated carbocycles. The summed E-state index contributed by atoms with van der Waals surface area (Å²) < 4.78 is 2.41. The first-order chi connectivity index (χ1) is 6.45. The van der Waals surface area contributed by atoms with Crippen LogP contribution in [0.3, 0.4) is 0 Å². The van der Waals surface area contributed by atoms with Crippen molar-refractivity contribution in [3.05, 3.63) is 48.8 Å². The second kappa shape index (κ2) is 10.1. The van der Waals surface area contributed by atoms with E-state index in [0.717, 1.165) is 0 Å². The molecule has 0 atom stereocenters. The SMILES string of the molecule is Cl.Cl.Cl.c1cc[c]([Nb][c]2ccccn2)nc1. The van der Waals surface area contributed by atoms with Crippen LogP contribution >= 0.6 is 37.2 Å². The molecule has 0 aliphatic rings. The number of rotatable bonds is 2. The van der Waals surface area contributed by atoms with Crippen LogP contribution in [0.25, 0.3) is 0 Å². The molecule has 2 aromatic heterocycles. The molecule has 0 unspecified atom stereocenters. The summed E-state index contributed by atoms with van der Waals surface area (Å²) in [4.78, 5) is 8.60. The molecule has 16 heavy (non-hydrogen) atoms. The van der Waals surface area contributed by atoms with Crippen LogP contribution in [-0.4, -0.2) is 9.97 Å². The zero-order valence-electron chi connectivity index (χ0n) is 8.19. The molecule has 0 radical (unpaired) electrons. The van der Waals surface area contributed by atoms with Crippen molar-refractivity contribution in [2.24, 2.45) is 0 Å². The van der Waals surface area contributed by atoms with Gasteiger partial charge in [-0.25, -0.2) is 0 Å². The average molecular weight is 358 g/mol. The first-order valence-electron chi connectivity index (χ1n) is 3.99. The summed E-state index contributed by atoms with van der Waals surface area (Å²) in [6.45, 7) is 0. The predicted octanol–water partition coefficient (Wildman–Crippen LogP) is 1.78. The van der Waals surface area contributed by atoms with E-state index in [0.29, 0.717) is 0 Å². The van der Waals surface area contributed by atoms with Gasteiger partial charge < -0.3 is 0 Å².